The number of nitrogens with one attached hydrogen (secondary N) is 3. The molecule has 17 nitrogen and oxygen atoms in total. The van der Waals surface area contributed by atoms with Crippen LogP contribution in [0.1, 0.15) is 63.2 Å². The molecule has 0 atom stereocenters. The molecule has 3 amide bonds. The maximum Gasteiger partial charge on any atom is 0.256 e. The lowest BCUT2D eigenvalue weighted by Crippen LogP contribution is -2.48. The van der Waals surface area contributed by atoms with Gasteiger partial charge in [0.15, 0.2) is 20.0 Å². The van der Waals surface area contributed by atoms with Crippen molar-refractivity contribution in [2.75, 3.05) is 71.6 Å². The number of halogens is 2. The summed E-state index contributed by atoms with van der Waals surface area (Å²) in [7, 11) is 3.81. The number of hydrogen-bond donors (Lipinski definition) is 3. The zero-order chi connectivity index (χ0) is 50.0. The molecule has 1 saturated heterocycles. The van der Waals surface area contributed by atoms with Gasteiger partial charge >= 0.3 is 0 Å². The van der Waals surface area contributed by atoms with E-state index in [0.717, 1.165) is 18.3 Å². The number of carbonyl (C=O) groups excluding carboxylic acids is 3. The van der Waals surface area contributed by atoms with E-state index < -0.39 is 22.2 Å². The first-order chi connectivity index (χ1) is 31.9. The third-order valence-corrected chi connectivity index (χ3v) is 18.0. The van der Waals surface area contributed by atoms with E-state index in [4.69, 9.17) is 25.7 Å². The van der Waals surface area contributed by atoms with Gasteiger partial charge in [-0.25, -0.2) is 19.0 Å². The minimum Gasteiger partial charge on any atom is -0.411 e. The monoisotopic (exact) mass is 990 g/mol. The zero-order valence-corrected chi connectivity index (χ0v) is 44.3. The Morgan fingerprint density at radius 2 is 1.46 bits per heavy atom. The molecule has 4 aromatic heterocycles. The van der Waals surface area contributed by atoms with Crippen LogP contribution in [0, 0.1) is 5.82 Å². The van der Waals surface area contributed by atoms with Crippen molar-refractivity contribution in [3.63, 3.8) is 0 Å². The lowest BCUT2D eigenvalue weighted by atomic mass is 10.1. The molecule has 0 bridgehead atoms. The molecule has 0 saturated carbocycles. The Kier molecular flexibility index (Phi) is 18.2. The SMILES string of the molecule is CN(C)C(=O)c1cc(CN2CCN(C(=O)c3cccc(Cl)c3F)CC2)nc(Nc2ccn[nH]2)c1.CN(C)C(=O)c1cc(CO[Si](C)(C)C(C)(C)C)nc(Nc2ccn(COCC[Si](C)(C)C)n2)c1. The number of ether oxygens (including phenoxy) is 1. The van der Waals surface area contributed by atoms with Gasteiger partial charge in [-0.05, 0) is 60.6 Å². The first-order valence-corrected chi connectivity index (χ1v) is 29.6. The Bertz CT molecular complexity index is 2480. The van der Waals surface area contributed by atoms with Crippen LogP contribution in [0.2, 0.25) is 48.8 Å². The van der Waals surface area contributed by atoms with Gasteiger partial charge in [-0.1, -0.05) is 58.1 Å². The van der Waals surface area contributed by atoms with Crippen LogP contribution in [-0.2, 0) is 29.0 Å². The van der Waals surface area contributed by atoms with E-state index in [2.05, 4.69) is 89.3 Å². The Morgan fingerprint density at radius 1 is 0.838 bits per heavy atom. The van der Waals surface area contributed by atoms with Crippen LogP contribution in [-0.4, -0.2) is 145 Å². The smallest absolute Gasteiger partial charge is 0.256 e. The fourth-order valence-corrected chi connectivity index (χ4v) is 8.37. The largest absolute Gasteiger partial charge is 0.411 e. The van der Waals surface area contributed by atoms with Gasteiger partial charge in [-0.3, -0.25) is 24.4 Å². The topological polar surface area (TPSA) is 179 Å². The summed E-state index contributed by atoms with van der Waals surface area (Å²) in [6.45, 7) is 22.1. The average molecular weight is 992 g/mol. The summed E-state index contributed by atoms with van der Waals surface area (Å²) in [5, 5.41) is 17.6. The van der Waals surface area contributed by atoms with Crippen LogP contribution in [0.5, 0.6) is 0 Å². The predicted octanol–water partition coefficient (Wildman–Crippen LogP) is 8.56. The highest BCUT2D eigenvalue weighted by Gasteiger charge is 2.37. The van der Waals surface area contributed by atoms with E-state index >= 15 is 0 Å². The van der Waals surface area contributed by atoms with E-state index in [0.29, 0.717) is 86.2 Å². The van der Waals surface area contributed by atoms with Gasteiger partial charge in [-0.2, -0.15) is 10.2 Å². The molecule has 0 spiro atoms. The lowest BCUT2D eigenvalue weighted by Gasteiger charge is -2.36. The Hall–Kier alpha value is -5.52. The van der Waals surface area contributed by atoms with Crippen LogP contribution in [0.15, 0.2) is 67.0 Å². The zero-order valence-electron chi connectivity index (χ0n) is 41.5. The highest BCUT2D eigenvalue weighted by molar-refractivity contribution is 6.76. The molecule has 0 aliphatic carbocycles. The molecular formula is C47H68ClFN12O5Si2. The first-order valence-electron chi connectivity index (χ1n) is 22.6. The van der Waals surface area contributed by atoms with Crippen LogP contribution in [0.25, 0.3) is 0 Å². The second-order valence-electron chi connectivity index (χ2n) is 19.9. The molecule has 5 heterocycles. The van der Waals surface area contributed by atoms with Gasteiger partial charge < -0.3 is 34.5 Å². The summed E-state index contributed by atoms with van der Waals surface area (Å²) in [6.07, 6.45) is 3.49. The van der Waals surface area contributed by atoms with Gasteiger partial charge in [0.25, 0.3) is 17.7 Å². The van der Waals surface area contributed by atoms with Crippen LogP contribution >= 0.6 is 11.6 Å². The number of rotatable bonds is 17. The molecule has 5 aromatic rings. The standard InChI is InChI=1S/C24H43N5O3Si2.C23H25ClFN7O2/c1-24(2,3)34(9,10)32-17-20-15-19(23(30)28(4)5)16-22(25-20)26-21-11-12-29(27-21)18-31-13-14-33(6,7)8;1-30(2)22(33)15-12-16(27-20(13-15)28-19-6-7-26-29-19)14-31-8-10-32(11-9-31)23(34)17-4-3-5-18(24)21(17)25/h11-12,15-16H,13-14,17-18H2,1-10H3,(H,25,26,27);3-7,12-13H,8-11,14H2,1-2H3,(H2,26,27,28,29). The second kappa shape index (κ2) is 23.2. The van der Waals surface area contributed by atoms with E-state index in [1.165, 1.54) is 17.0 Å². The molecule has 21 heteroatoms. The second-order valence-corrected chi connectivity index (χ2v) is 30.7. The Balaban J connectivity index is 0.000000254. The molecule has 3 N–H and O–H groups in total. The summed E-state index contributed by atoms with van der Waals surface area (Å²) in [5.74, 6) is 1.11. The molecule has 1 aromatic carbocycles. The van der Waals surface area contributed by atoms with Crippen molar-refractivity contribution in [2.24, 2.45) is 0 Å². The third kappa shape index (κ3) is 15.5. The van der Waals surface area contributed by atoms with Crippen molar-refractivity contribution in [1.29, 1.82) is 0 Å². The summed E-state index contributed by atoms with van der Waals surface area (Å²) in [6, 6.07) is 16.2. The molecule has 1 aliphatic rings. The number of carbonyl (C=O) groups is 3. The number of aromatic amines is 1. The fourth-order valence-electron chi connectivity index (χ4n) is 6.50. The number of benzene rings is 1. The first kappa shape index (κ1) is 53.4. The number of hydrogen-bond acceptors (Lipinski definition) is 12. The van der Waals surface area contributed by atoms with Gasteiger partial charge in [0, 0.05) is 105 Å². The van der Waals surface area contributed by atoms with Crippen molar-refractivity contribution in [3.8, 4) is 0 Å². The summed E-state index contributed by atoms with van der Waals surface area (Å²) >= 11 is 5.82. The number of H-pyrrole nitrogens is 1. The summed E-state index contributed by atoms with van der Waals surface area (Å²) < 4.78 is 28.1. The lowest BCUT2D eigenvalue weighted by molar-refractivity contribution is 0.0621. The molecule has 0 unspecified atom stereocenters. The number of piperazine rings is 1. The summed E-state index contributed by atoms with van der Waals surface area (Å²) in [5.41, 5.74) is 2.49. The predicted molar refractivity (Wildman–Crippen MR) is 271 cm³/mol. The van der Waals surface area contributed by atoms with Gasteiger partial charge in [0.1, 0.15) is 24.2 Å². The van der Waals surface area contributed by atoms with E-state index in [1.54, 1.807) is 79.2 Å². The third-order valence-electron chi connectivity index (χ3n) is 11.6. The number of anilines is 4. The summed E-state index contributed by atoms with van der Waals surface area (Å²) in [4.78, 5) is 54.2. The molecule has 368 valence electrons. The maximum absolute atomic E-state index is 14.3. The Morgan fingerprint density at radius 3 is 2.04 bits per heavy atom. The number of pyridine rings is 2. The number of amides is 3. The van der Waals surface area contributed by atoms with E-state index in [-0.39, 0.29) is 33.3 Å². The minimum absolute atomic E-state index is 0.0213. The van der Waals surface area contributed by atoms with E-state index in [9.17, 15) is 18.8 Å². The quantitative estimate of drug-likeness (QED) is 0.0598. The fraction of sp³-hybridized carbons (Fsp3) is 0.468. The molecule has 1 aliphatic heterocycles. The number of aromatic nitrogens is 6. The molecule has 6 rings (SSSR count). The Labute approximate surface area is 406 Å². The highest BCUT2D eigenvalue weighted by Crippen LogP contribution is 2.37. The van der Waals surface area contributed by atoms with Crippen molar-refractivity contribution in [3.05, 3.63) is 106 Å². The molecular weight excluding hydrogens is 923 g/mol. The van der Waals surface area contributed by atoms with Crippen LogP contribution in [0.3, 0.4) is 0 Å². The van der Waals surface area contributed by atoms with Crippen molar-refractivity contribution in [2.45, 2.75) is 84.5 Å². The van der Waals surface area contributed by atoms with Gasteiger partial charge in [0.05, 0.1) is 34.8 Å². The normalized spacial score (nSPS) is 13.4. The van der Waals surface area contributed by atoms with Gasteiger partial charge in [0.2, 0.25) is 0 Å². The van der Waals surface area contributed by atoms with Crippen LogP contribution in [0.4, 0.5) is 27.7 Å². The average Bonchev–Trinajstić information content (AvgIpc) is 3.96. The van der Waals surface area contributed by atoms with Crippen molar-refractivity contribution in [1.82, 2.24) is 49.5 Å². The van der Waals surface area contributed by atoms with Crippen molar-refractivity contribution >= 4 is 69.0 Å². The molecule has 68 heavy (non-hydrogen) atoms. The molecule has 1 fully saturated rings. The van der Waals surface area contributed by atoms with Crippen molar-refractivity contribution < 1.29 is 27.9 Å². The minimum atomic E-state index is -1.95. The van der Waals surface area contributed by atoms with E-state index in [1.807, 2.05) is 18.3 Å². The van der Waals surface area contributed by atoms with Gasteiger partial charge in [-0.15, -0.1) is 0 Å². The van der Waals surface area contributed by atoms with Crippen LogP contribution < -0.4 is 10.6 Å². The molecule has 0 radical (unpaired) electrons. The maximum atomic E-state index is 14.3. The number of nitrogens with zero attached hydrogens (tertiary/aromatic N) is 9. The highest BCUT2D eigenvalue weighted by atomic mass is 35.5.